The molecule has 1 saturated heterocycles. The first-order valence-corrected chi connectivity index (χ1v) is 7.43. The van der Waals surface area contributed by atoms with Gasteiger partial charge in [-0.25, -0.2) is 12.8 Å². The summed E-state index contributed by atoms with van der Waals surface area (Å²) in [5.74, 6) is -0.597. The molecule has 1 heterocycles. The average molecular weight is 304 g/mol. The summed E-state index contributed by atoms with van der Waals surface area (Å²) in [5.41, 5.74) is 5.46. The van der Waals surface area contributed by atoms with Gasteiger partial charge in [-0.05, 0) is 18.2 Å². The maximum absolute atomic E-state index is 13.1. The molecule has 0 radical (unpaired) electrons. The van der Waals surface area contributed by atoms with Crippen molar-refractivity contribution >= 4 is 27.2 Å². The number of rotatable bonds is 3. The topological polar surface area (TPSA) is 72.6 Å². The van der Waals surface area contributed by atoms with E-state index in [1.165, 1.54) is 22.5 Å². The highest BCUT2D eigenvalue weighted by atomic mass is 32.2. The van der Waals surface area contributed by atoms with Crippen LogP contribution in [0.5, 0.6) is 0 Å². The summed E-state index contributed by atoms with van der Waals surface area (Å²) < 4.78 is 44.3. The number of hydrogen-bond acceptors (Lipinski definition) is 4. The summed E-state index contributed by atoms with van der Waals surface area (Å²) in [5, 5.41) is 0. The third-order valence-electron chi connectivity index (χ3n) is 2.78. The Morgan fingerprint density at radius 2 is 2.26 bits per heavy atom. The Kier molecular flexibility index (Phi) is 4.14. The summed E-state index contributed by atoms with van der Waals surface area (Å²) in [4.78, 5) is 0.0234. The van der Waals surface area contributed by atoms with Gasteiger partial charge >= 0.3 is 0 Å². The summed E-state index contributed by atoms with van der Waals surface area (Å²) in [7, 11) is -3.75. The lowest BCUT2D eigenvalue weighted by Crippen LogP contribution is -2.49. The van der Waals surface area contributed by atoms with Crippen molar-refractivity contribution in [2.24, 2.45) is 5.73 Å². The molecule has 0 aliphatic carbocycles. The van der Waals surface area contributed by atoms with Gasteiger partial charge < -0.3 is 10.5 Å². The van der Waals surface area contributed by atoms with Gasteiger partial charge in [0, 0.05) is 13.1 Å². The fraction of sp³-hybridized carbons (Fsp3) is 0.364. The van der Waals surface area contributed by atoms with Gasteiger partial charge in [0.05, 0.1) is 11.5 Å². The van der Waals surface area contributed by atoms with Crippen LogP contribution in [0, 0.1) is 5.82 Å². The summed E-state index contributed by atoms with van der Waals surface area (Å²) >= 11 is 4.80. The number of halogens is 1. The molecule has 2 N–H and O–H groups in total. The highest BCUT2D eigenvalue weighted by Gasteiger charge is 2.32. The highest BCUT2D eigenvalue weighted by molar-refractivity contribution is 7.89. The van der Waals surface area contributed by atoms with Gasteiger partial charge in [0.25, 0.3) is 0 Å². The maximum Gasteiger partial charge on any atom is 0.243 e. The molecule has 0 aromatic heterocycles. The van der Waals surface area contributed by atoms with Crippen LogP contribution < -0.4 is 5.73 Å². The number of hydrogen-bond donors (Lipinski definition) is 1. The highest BCUT2D eigenvalue weighted by Crippen LogP contribution is 2.19. The van der Waals surface area contributed by atoms with Crippen LogP contribution in [0.2, 0.25) is 0 Å². The Bertz CT molecular complexity index is 591. The Morgan fingerprint density at radius 3 is 2.89 bits per heavy atom. The van der Waals surface area contributed by atoms with Crippen molar-refractivity contribution in [3.05, 3.63) is 30.1 Å². The SMILES string of the molecule is NC(=S)C1CN(S(=O)(=O)c2cccc(F)c2)CCO1. The smallest absolute Gasteiger partial charge is 0.243 e. The number of ether oxygens (including phenoxy) is 1. The van der Waals surface area contributed by atoms with E-state index >= 15 is 0 Å². The normalized spacial score (nSPS) is 21.2. The molecule has 0 saturated carbocycles. The first-order valence-electron chi connectivity index (χ1n) is 5.58. The predicted octanol–water partition coefficient (Wildman–Crippen LogP) is 0.501. The third kappa shape index (κ3) is 3.08. The summed E-state index contributed by atoms with van der Waals surface area (Å²) in [6.07, 6.45) is -0.605. The van der Waals surface area contributed by atoms with E-state index in [1.807, 2.05) is 0 Å². The summed E-state index contributed by atoms with van der Waals surface area (Å²) in [6, 6.07) is 4.88. The number of sulfonamides is 1. The lowest BCUT2D eigenvalue weighted by molar-refractivity contribution is 0.0386. The van der Waals surface area contributed by atoms with Crippen molar-refractivity contribution in [3.63, 3.8) is 0 Å². The minimum atomic E-state index is -3.75. The quantitative estimate of drug-likeness (QED) is 0.823. The lowest BCUT2D eigenvalue weighted by Gasteiger charge is -2.31. The molecule has 0 bridgehead atoms. The standard InChI is InChI=1S/C11H13FN2O3S2/c12-8-2-1-3-9(6-8)19(15,16)14-4-5-17-10(7-14)11(13)18/h1-3,6,10H,4-5,7H2,(H2,13,18). The Hall–Kier alpha value is -1.09. The van der Waals surface area contributed by atoms with Crippen LogP contribution in [0.25, 0.3) is 0 Å². The van der Waals surface area contributed by atoms with E-state index in [-0.39, 0.29) is 29.6 Å². The number of nitrogens with zero attached hydrogens (tertiary/aromatic N) is 1. The van der Waals surface area contributed by atoms with Crippen molar-refractivity contribution in [1.29, 1.82) is 0 Å². The van der Waals surface area contributed by atoms with Crippen LogP contribution in [0.3, 0.4) is 0 Å². The van der Waals surface area contributed by atoms with Crippen LogP contribution in [0.15, 0.2) is 29.2 Å². The van der Waals surface area contributed by atoms with Crippen molar-refractivity contribution in [2.75, 3.05) is 19.7 Å². The van der Waals surface area contributed by atoms with E-state index in [1.54, 1.807) is 0 Å². The molecule has 0 spiro atoms. The summed E-state index contributed by atoms with van der Waals surface area (Å²) in [6.45, 7) is 0.447. The van der Waals surface area contributed by atoms with E-state index in [0.717, 1.165) is 6.07 Å². The largest absolute Gasteiger partial charge is 0.391 e. The fourth-order valence-corrected chi connectivity index (χ4v) is 3.39. The zero-order chi connectivity index (χ0) is 14.0. The van der Waals surface area contributed by atoms with Crippen LogP contribution in [-0.4, -0.2) is 43.5 Å². The van der Waals surface area contributed by atoms with Gasteiger partial charge in [0.2, 0.25) is 10.0 Å². The average Bonchev–Trinajstić information content (AvgIpc) is 2.39. The lowest BCUT2D eigenvalue weighted by atomic mass is 10.3. The van der Waals surface area contributed by atoms with Crippen molar-refractivity contribution in [3.8, 4) is 0 Å². The second kappa shape index (κ2) is 5.49. The van der Waals surface area contributed by atoms with Crippen LogP contribution in [-0.2, 0) is 14.8 Å². The molecular formula is C11H13FN2O3S2. The van der Waals surface area contributed by atoms with Crippen LogP contribution >= 0.6 is 12.2 Å². The second-order valence-electron chi connectivity index (χ2n) is 4.08. The first-order chi connectivity index (χ1) is 8.91. The van der Waals surface area contributed by atoms with Crippen LogP contribution in [0.4, 0.5) is 4.39 Å². The number of thiocarbonyl (C=S) groups is 1. The molecule has 8 heteroatoms. The minimum absolute atomic E-state index is 0.0498. The van der Waals surface area contributed by atoms with Gasteiger partial charge in [-0.1, -0.05) is 18.3 Å². The van der Waals surface area contributed by atoms with Crippen molar-refractivity contribution < 1.29 is 17.5 Å². The number of benzene rings is 1. The molecular weight excluding hydrogens is 291 g/mol. The van der Waals surface area contributed by atoms with Gasteiger partial charge in [0.15, 0.2) is 0 Å². The van der Waals surface area contributed by atoms with Crippen molar-refractivity contribution in [1.82, 2.24) is 4.31 Å². The maximum atomic E-state index is 13.1. The first kappa shape index (κ1) is 14.3. The van der Waals surface area contributed by atoms with E-state index in [0.29, 0.717) is 0 Å². The molecule has 1 fully saturated rings. The molecule has 0 amide bonds. The molecule has 1 aromatic carbocycles. The van der Waals surface area contributed by atoms with Gasteiger partial charge in [-0.3, -0.25) is 0 Å². The fourth-order valence-electron chi connectivity index (χ4n) is 1.79. The van der Waals surface area contributed by atoms with E-state index in [9.17, 15) is 12.8 Å². The zero-order valence-electron chi connectivity index (χ0n) is 9.95. The molecule has 1 atom stereocenters. The molecule has 19 heavy (non-hydrogen) atoms. The van der Waals surface area contributed by atoms with Crippen LogP contribution in [0.1, 0.15) is 0 Å². The molecule has 104 valence electrons. The molecule has 1 aromatic rings. The van der Waals surface area contributed by atoms with Crippen molar-refractivity contribution in [2.45, 2.75) is 11.0 Å². The Balaban J connectivity index is 2.27. The molecule has 5 nitrogen and oxygen atoms in total. The minimum Gasteiger partial charge on any atom is -0.391 e. The van der Waals surface area contributed by atoms with E-state index < -0.39 is 21.9 Å². The van der Waals surface area contributed by atoms with E-state index in [4.69, 9.17) is 22.7 Å². The molecule has 1 aliphatic heterocycles. The zero-order valence-corrected chi connectivity index (χ0v) is 11.6. The predicted molar refractivity (Wildman–Crippen MR) is 71.7 cm³/mol. The second-order valence-corrected chi connectivity index (χ2v) is 6.49. The number of nitrogens with two attached hydrogens (primary N) is 1. The van der Waals surface area contributed by atoms with E-state index in [2.05, 4.69) is 0 Å². The third-order valence-corrected chi connectivity index (χ3v) is 4.90. The van der Waals surface area contributed by atoms with Gasteiger partial charge in [-0.15, -0.1) is 0 Å². The van der Waals surface area contributed by atoms with Gasteiger partial charge in [0.1, 0.15) is 16.9 Å². The molecule has 1 aliphatic rings. The molecule has 2 rings (SSSR count). The molecule has 1 unspecified atom stereocenters. The number of morpholine rings is 1. The Labute approximate surface area is 116 Å². The Morgan fingerprint density at radius 1 is 1.53 bits per heavy atom. The van der Waals surface area contributed by atoms with Gasteiger partial charge in [-0.2, -0.15) is 4.31 Å². The monoisotopic (exact) mass is 304 g/mol.